The summed E-state index contributed by atoms with van der Waals surface area (Å²) < 4.78 is 0. The molecule has 2 aromatic rings. The van der Waals surface area contributed by atoms with Crippen molar-refractivity contribution in [2.24, 2.45) is 0 Å². The lowest BCUT2D eigenvalue weighted by molar-refractivity contribution is 0.0726. The first kappa shape index (κ1) is 22.3. The predicted molar refractivity (Wildman–Crippen MR) is 128 cm³/mol. The summed E-state index contributed by atoms with van der Waals surface area (Å²) in [5.41, 5.74) is 9.86. The molecule has 2 heterocycles. The predicted octanol–water partition coefficient (Wildman–Crippen LogP) is 5.35. The van der Waals surface area contributed by atoms with Crippen molar-refractivity contribution in [2.75, 3.05) is 13.1 Å². The summed E-state index contributed by atoms with van der Waals surface area (Å²) >= 11 is 6.09. The van der Waals surface area contributed by atoms with Crippen molar-refractivity contribution in [1.29, 1.82) is 0 Å². The maximum Gasteiger partial charge on any atom is 0.0713 e. The molecule has 2 unspecified atom stereocenters. The normalized spacial score (nSPS) is 21.3. The molecule has 5 heteroatoms. The number of halogens is 1. The van der Waals surface area contributed by atoms with Gasteiger partial charge in [-0.1, -0.05) is 73.7 Å². The highest BCUT2D eigenvalue weighted by Gasteiger charge is 2.35. The van der Waals surface area contributed by atoms with E-state index in [0.29, 0.717) is 6.04 Å². The maximum absolute atomic E-state index is 9.59. The number of hydrazine groups is 1. The number of hydrogen-bond donors (Lipinski definition) is 2. The fourth-order valence-electron chi connectivity index (χ4n) is 4.89. The van der Waals surface area contributed by atoms with Gasteiger partial charge in [-0.3, -0.25) is 4.90 Å². The van der Waals surface area contributed by atoms with E-state index in [1.807, 2.05) is 12.1 Å². The molecule has 0 spiro atoms. The van der Waals surface area contributed by atoms with Crippen LogP contribution >= 0.6 is 11.6 Å². The van der Waals surface area contributed by atoms with Crippen LogP contribution in [0.2, 0.25) is 5.02 Å². The van der Waals surface area contributed by atoms with E-state index >= 15 is 0 Å². The van der Waals surface area contributed by atoms with Gasteiger partial charge >= 0.3 is 0 Å². The Kier molecular flexibility index (Phi) is 7.34. The second-order valence-corrected chi connectivity index (χ2v) is 9.43. The van der Waals surface area contributed by atoms with Gasteiger partial charge < -0.3 is 10.1 Å². The van der Waals surface area contributed by atoms with E-state index in [0.717, 1.165) is 30.2 Å². The topological polar surface area (TPSA) is 38.7 Å². The van der Waals surface area contributed by atoms with E-state index in [4.69, 9.17) is 11.6 Å². The van der Waals surface area contributed by atoms with Gasteiger partial charge in [-0.15, -0.1) is 0 Å². The molecule has 31 heavy (non-hydrogen) atoms. The Bertz CT molecular complexity index is 911. The molecule has 0 aromatic heterocycles. The van der Waals surface area contributed by atoms with E-state index in [1.54, 1.807) is 0 Å². The van der Waals surface area contributed by atoms with Gasteiger partial charge in [-0.25, -0.2) is 5.43 Å². The van der Waals surface area contributed by atoms with Gasteiger partial charge in [-0.05, 0) is 48.2 Å². The summed E-state index contributed by atoms with van der Waals surface area (Å²) in [6, 6.07) is 15.3. The molecule has 1 saturated heterocycles. The van der Waals surface area contributed by atoms with Crippen molar-refractivity contribution in [2.45, 2.75) is 64.8 Å². The van der Waals surface area contributed by atoms with Gasteiger partial charge in [0.05, 0.1) is 18.7 Å². The fourth-order valence-corrected chi connectivity index (χ4v) is 5.01. The third-order valence-electron chi connectivity index (χ3n) is 6.32. The summed E-state index contributed by atoms with van der Waals surface area (Å²) in [7, 11) is 0. The lowest BCUT2D eigenvalue weighted by Crippen LogP contribution is -2.54. The number of aliphatic hydroxyl groups excluding tert-OH is 1. The number of aryl methyl sites for hydroxylation is 1. The second kappa shape index (κ2) is 10.2. The fraction of sp³-hybridized carbons (Fsp3) is 0.462. The zero-order valence-electron chi connectivity index (χ0n) is 18.6. The summed E-state index contributed by atoms with van der Waals surface area (Å²) in [5, 5.41) is 12.8. The maximum atomic E-state index is 9.59. The van der Waals surface area contributed by atoms with Crippen LogP contribution in [0.5, 0.6) is 0 Å². The van der Waals surface area contributed by atoms with Crippen molar-refractivity contribution in [3.8, 4) is 0 Å². The first-order valence-electron chi connectivity index (χ1n) is 11.5. The third-order valence-corrected chi connectivity index (χ3v) is 6.57. The van der Waals surface area contributed by atoms with Crippen LogP contribution in [0.25, 0.3) is 0 Å². The molecule has 0 saturated carbocycles. The minimum Gasteiger partial charge on any atom is -0.392 e. The van der Waals surface area contributed by atoms with E-state index < -0.39 is 0 Å². The minimum absolute atomic E-state index is 0.0972. The Morgan fingerprint density at radius 1 is 1.10 bits per heavy atom. The highest BCUT2D eigenvalue weighted by Crippen LogP contribution is 2.32. The zero-order valence-corrected chi connectivity index (χ0v) is 19.4. The van der Waals surface area contributed by atoms with E-state index in [9.17, 15) is 5.11 Å². The van der Waals surface area contributed by atoms with Crippen LogP contribution in [0.3, 0.4) is 0 Å². The molecule has 4 rings (SSSR count). The lowest BCUT2D eigenvalue weighted by Gasteiger charge is -2.42. The van der Waals surface area contributed by atoms with E-state index in [1.165, 1.54) is 48.1 Å². The van der Waals surface area contributed by atoms with Gasteiger partial charge in [0.1, 0.15) is 0 Å². The molecular formula is C26H34ClN3O. The van der Waals surface area contributed by atoms with Crippen LogP contribution in [0, 0.1) is 6.92 Å². The van der Waals surface area contributed by atoms with Crippen LogP contribution in [-0.2, 0) is 13.2 Å². The Labute approximate surface area is 191 Å². The number of hydrogen-bond acceptors (Lipinski definition) is 4. The molecule has 0 radical (unpaired) electrons. The lowest BCUT2D eigenvalue weighted by atomic mass is 10.0. The quantitative estimate of drug-likeness (QED) is 0.544. The largest absolute Gasteiger partial charge is 0.392 e. The SMILES string of the molecule is CCCCCC1CN(Cc2cc(C)cc(CO)c2)CC2=CC(c3ccc(Cl)cc3)NN21. The first-order valence-corrected chi connectivity index (χ1v) is 11.9. The molecule has 2 aliphatic heterocycles. The molecule has 166 valence electrons. The van der Waals surface area contributed by atoms with Crippen molar-refractivity contribution in [1.82, 2.24) is 15.3 Å². The summed E-state index contributed by atoms with van der Waals surface area (Å²) in [6.07, 6.45) is 7.34. The Morgan fingerprint density at radius 3 is 2.61 bits per heavy atom. The van der Waals surface area contributed by atoms with Crippen LogP contribution in [0.4, 0.5) is 0 Å². The van der Waals surface area contributed by atoms with Crippen molar-refractivity contribution in [3.63, 3.8) is 0 Å². The Hall–Kier alpha value is -1.85. The number of aliphatic hydroxyl groups is 1. The molecular weight excluding hydrogens is 406 g/mol. The molecule has 4 nitrogen and oxygen atoms in total. The number of unbranched alkanes of at least 4 members (excludes halogenated alkanes) is 2. The number of rotatable bonds is 8. The van der Waals surface area contributed by atoms with Gasteiger partial charge in [-0.2, -0.15) is 0 Å². The number of nitrogens with zero attached hydrogens (tertiary/aromatic N) is 2. The summed E-state index contributed by atoms with van der Waals surface area (Å²) in [5.74, 6) is 0. The molecule has 2 N–H and O–H groups in total. The number of nitrogens with one attached hydrogen (secondary N) is 1. The molecule has 2 aliphatic rings. The Morgan fingerprint density at radius 2 is 1.87 bits per heavy atom. The molecule has 0 amide bonds. The van der Waals surface area contributed by atoms with Crippen molar-refractivity contribution in [3.05, 3.63) is 81.5 Å². The van der Waals surface area contributed by atoms with Crippen LogP contribution in [0.1, 0.15) is 60.9 Å². The average Bonchev–Trinajstić information content (AvgIpc) is 3.18. The van der Waals surface area contributed by atoms with Crippen molar-refractivity contribution < 1.29 is 5.11 Å². The number of fused-ring (bicyclic) bond motifs is 1. The summed E-state index contributed by atoms with van der Waals surface area (Å²) in [4.78, 5) is 2.56. The molecule has 0 bridgehead atoms. The molecule has 1 fully saturated rings. The first-order chi connectivity index (χ1) is 15.1. The summed E-state index contributed by atoms with van der Waals surface area (Å²) in [6.45, 7) is 7.36. The van der Waals surface area contributed by atoms with Gasteiger partial charge in [0.25, 0.3) is 0 Å². The highest BCUT2D eigenvalue weighted by molar-refractivity contribution is 6.30. The Balaban J connectivity index is 1.53. The molecule has 2 atom stereocenters. The molecule has 2 aromatic carbocycles. The van der Waals surface area contributed by atoms with Gasteiger partial charge in [0.2, 0.25) is 0 Å². The van der Waals surface area contributed by atoms with Gasteiger partial charge in [0.15, 0.2) is 0 Å². The smallest absolute Gasteiger partial charge is 0.0713 e. The van der Waals surface area contributed by atoms with Crippen LogP contribution in [-0.4, -0.2) is 34.1 Å². The highest BCUT2D eigenvalue weighted by atomic mass is 35.5. The number of piperazine rings is 1. The van der Waals surface area contributed by atoms with E-state index in [-0.39, 0.29) is 12.6 Å². The minimum atomic E-state index is 0.0972. The van der Waals surface area contributed by atoms with Gasteiger partial charge in [0, 0.05) is 30.4 Å². The monoisotopic (exact) mass is 439 g/mol. The third kappa shape index (κ3) is 5.50. The second-order valence-electron chi connectivity index (χ2n) is 8.99. The van der Waals surface area contributed by atoms with Crippen LogP contribution in [0.15, 0.2) is 54.2 Å². The van der Waals surface area contributed by atoms with E-state index in [2.05, 4.69) is 65.6 Å². The van der Waals surface area contributed by atoms with Crippen LogP contribution < -0.4 is 5.43 Å². The molecule has 0 aliphatic carbocycles. The average molecular weight is 440 g/mol. The standard InChI is InChI=1S/C26H34ClN3O/c1-3-4-5-6-24-16-29(15-20-11-19(2)12-21(13-20)18-31)17-25-14-26(28-30(24)25)22-7-9-23(27)10-8-22/h7-14,24,26,28,31H,3-6,15-18H2,1-2H3. The van der Waals surface area contributed by atoms with Crippen molar-refractivity contribution >= 4 is 11.6 Å². The zero-order chi connectivity index (χ0) is 21.8. The number of benzene rings is 2.